The fourth-order valence-electron chi connectivity index (χ4n) is 3.74. The molecule has 0 aliphatic heterocycles. The second-order valence-electron chi connectivity index (χ2n) is 7.58. The van der Waals surface area contributed by atoms with Gasteiger partial charge in [0.05, 0.1) is 16.5 Å². The molecule has 0 amide bonds. The largest absolute Gasteiger partial charge is 0.486 e. The molecule has 30 heavy (non-hydrogen) atoms. The Morgan fingerprint density at radius 1 is 1.30 bits per heavy atom. The van der Waals surface area contributed by atoms with Crippen LogP contribution in [-0.4, -0.2) is 31.9 Å². The molecule has 2 atom stereocenters. The van der Waals surface area contributed by atoms with Crippen LogP contribution in [0.4, 0.5) is 4.39 Å². The lowest BCUT2D eigenvalue weighted by Gasteiger charge is -2.21. The highest BCUT2D eigenvalue weighted by molar-refractivity contribution is 7.88. The molecular weight excluding hydrogens is 447 g/mol. The van der Waals surface area contributed by atoms with Gasteiger partial charge in [-0.1, -0.05) is 11.6 Å². The number of halogens is 2. The molecule has 0 spiro atoms. The van der Waals surface area contributed by atoms with E-state index in [1.54, 1.807) is 6.20 Å². The molecule has 9 heteroatoms. The lowest BCUT2D eigenvalue weighted by Crippen LogP contribution is -2.23. The summed E-state index contributed by atoms with van der Waals surface area (Å²) in [5, 5.41) is 0.568. The molecule has 0 radical (unpaired) electrons. The summed E-state index contributed by atoms with van der Waals surface area (Å²) < 4.78 is 46.7. The lowest BCUT2D eigenvalue weighted by atomic mass is 10.0. The van der Waals surface area contributed by atoms with E-state index in [1.807, 2.05) is 31.2 Å². The predicted molar refractivity (Wildman–Crippen MR) is 120 cm³/mol. The van der Waals surface area contributed by atoms with Gasteiger partial charge in [-0.3, -0.25) is 4.98 Å². The highest BCUT2D eigenvalue weighted by Crippen LogP contribution is 2.42. The summed E-state index contributed by atoms with van der Waals surface area (Å²) in [7, 11) is -3.30. The van der Waals surface area contributed by atoms with E-state index < -0.39 is 22.3 Å². The maximum atomic E-state index is 14.2. The summed E-state index contributed by atoms with van der Waals surface area (Å²) in [4.78, 5) is 5.27. The highest BCUT2D eigenvalue weighted by Gasteiger charge is 2.30. The summed E-state index contributed by atoms with van der Waals surface area (Å²) in [6, 6.07) is 7.40. The van der Waals surface area contributed by atoms with Crippen molar-refractivity contribution in [2.24, 2.45) is 0 Å². The summed E-state index contributed by atoms with van der Waals surface area (Å²) in [5.41, 5.74) is 3.27. The van der Waals surface area contributed by atoms with Gasteiger partial charge in [-0.2, -0.15) is 0 Å². The molecule has 2 heterocycles. The molecule has 5 nitrogen and oxygen atoms in total. The van der Waals surface area contributed by atoms with Gasteiger partial charge in [-0.15, -0.1) is 11.3 Å². The van der Waals surface area contributed by atoms with Crippen LogP contribution in [0.5, 0.6) is 5.75 Å². The van der Waals surface area contributed by atoms with Crippen LogP contribution in [0.3, 0.4) is 0 Å². The Morgan fingerprint density at radius 3 is 2.80 bits per heavy atom. The van der Waals surface area contributed by atoms with Crippen molar-refractivity contribution in [3.8, 4) is 16.9 Å². The Kier molecular flexibility index (Phi) is 6.03. The van der Waals surface area contributed by atoms with Gasteiger partial charge in [0.1, 0.15) is 18.0 Å². The number of ether oxygens (including phenoxy) is 1. The molecule has 1 aliphatic carbocycles. The van der Waals surface area contributed by atoms with Crippen molar-refractivity contribution in [3.63, 3.8) is 0 Å². The first-order valence-electron chi connectivity index (χ1n) is 9.64. The number of nitrogens with one attached hydrogen (secondary N) is 1. The normalized spacial score (nSPS) is 19.5. The number of thiophene rings is 1. The number of rotatable bonds is 6. The predicted octanol–water partition coefficient (Wildman–Crippen LogP) is 5.24. The molecule has 1 aromatic carbocycles. The van der Waals surface area contributed by atoms with Crippen molar-refractivity contribution in [1.29, 1.82) is 0 Å². The van der Waals surface area contributed by atoms with Gasteiger partial charge in [-0.25, -0.2) is 17.5 Å². The van der Waals surface area contributed by atoms with Crippen molar-refractivity contribution in [3.05, 3.63) is 45.9 Å². The van der Waals surface area contributed by atoms with Crippen LogP contribution in [0.1, 0.15) is 29.7 Å². The molecule has 1 aliphatic rings. The van der Waals surface area contributed by atoms with Gasteiger partial charge in [0.25, 0.3) is 0 Å². The Morgan fingerprint density at radius 2 is 2.10 bits per heavy atom. The molecule has 1 N–H and O–H groups in total. The Bertz CT molecular complexity index is 1200. The maximum Gasteiger partial charge on any atom is 0.209 e. The van der Waals surface area contributed by atoms with Gasteiger partial charge in [0.15, 0.2) is 0 Å². The average molecular weight is 469 g/mol. The number of aryl methyl sites for hydroxylation is 1. The quantitative estimate of drug-likeness (QED) is 0.537. The molecule has 0 saturated heterocycles. The summed E-state index contributed by atoms with van der Waals surface area (Å²) in [6.07, 6.45) is 3.42. The number of hydrogen-bond acceptors (Lipinski definition) is 5. The molecule has 4 rings (SSSR count). The molecule has 1 saturated carbocycles. The standard InChI is InChI=1S/C21H22ClFN2O3S2/c1-12-8-13(22)9-16(20(12)28-19-5-3-4-17(19)23)15-6-7-24-18-10-14(29-21(15)18)11-25-30(2,26)27/h6-10,17,19,25H,3-5,11H2,1-2H3/t17-,19+/m0/s1. The summed E-state index contributed by atoms with van der Waals surface area (Å²) in [5.74, 6) is 0.630. The van der Waals surface area contributed by atoms with E-state index in [-0.39, 0.29) is 6.54 Å². The third-order valence-electron chi connectivity index (χ3n) is 5.14. The minimum absolute atomic E-state index is 0.197. The van der Waals surface area contributed by atoms with Gasteiger partial charge in [0, 0.05) is 33.8 Å². The molecule has 0 unspecified atom stereocenters. The van der Waals surface area contributed by atoms with Crippen LogP contribution < -0.4 is 9.46 Å². The fraction of sp³-hybridized carbons (Fsp3) is 0.381. The van der Waals surface area contributed by atoms with Crippen molar-refractivity contribution < 1.29 is 17.5 Å². The van der Waals surface area contributed by atoms with Gasteiger partial charge in [-0.05, 0) is 56.0 Å². The maximum absolute atomic E-state index is 14.2. The monoisotopic (exact) mass is 468 g/mol. The zero-order valence-corrected chi connectivity index (χ0v) is 19.0. The fourth-order valence-corrected chi connectivity index (χ4v) is 5.60. The Labute approximate surface area is 184 Å². The molecule has 1 fully saturated rings. The summed E-state index contributed by atoms with van der Waals surface area (Å²) >= 11 is 7.82. The first-order valence-corrected chi connectivity index (χ1v) is 12.7. The van der Waals surface area contributed by atoms with E-state index in [4.69, 9.17) is 16.3 Å². The topological polar surface area (TPSA) is 68.3 Å². The first-order chi connectivity index (χ1) is 14.2. The zero-order valence-electron chi connectivity index (χ0n) is 16.6. The number of sulfonamides is 1. The first kappa shape index (κ1) is 21.5. The number of nitrogens with zero attached hydrogens (tertiary/aromatic N) is 1. The third-order valence-corrected chi connectivity index (χ3v) is 7.19. The number of pyridine rings is 1. The van der Waals surface area contributed by atoms with E-state index in [9.17, 15) is 12.8 Å². The number of fused-ring (bicyclic) bond motifs is 1. The van der Waals surface area contributed by atoms with Crippen LogP contribution in [0.2, 0.25) is 5.02 Å². The SMILES string of the molecule is Cc1cc(Cl)cc(-c2ccnc3cc(CNS(C)(=O)=O)sc23)c1O[C@@H]1CCC[C@@H]1F. The van der Waals surface area contributed by atoms with Gasteiger partial charge < -0.3 is 4.74 Å². The number of alkyl halides is 1. The van der Waals surface area contributed by atoms with Crippen LogP contribution in [-0.2, 0) is 16.6 Å². The van der Waals surface area contributed by atoms with Crippen LogP contribution in [0, 0.1) is 6.92 Å². The molecule has 160 valence electrons. The van der Waals surface area contributed by atoms with E-state index in [0.717, 1.165) is 44.5 Å². The van der Waals surface area contributed by atoms with Crippen molar-refractivity contribution >= 4 is 43.2 Å². The molecule has 0 bridgehead atoms. The van der Waals surface area contributed by atoms with Crippen LogP contribution in [0.25, 0.3) is 21.3 Å². The smallest absolute Gasteiger partial charge is 0.209 e. The third kappa shape index (κ3) is 4.61. The van der Waals surface area contributed by atoms with Crippen molar-refractivity contribution in [1.82, 2.24) is 9.71 Å². The minimum atomic E-state index is -3.30. The van der Waals surface area contributed by atoms with E-state index in [1.165, 1.54) is 11.3 Å². The number of aromatic nitrogens is 1. The van der Waals surface area contributed by atoms with E-state index in [0.29, 0.717) is 23.6 Å². The van der Waals surface area contributed by atoms with Gasteiger partial charge in [0.2, 0.25) is 10.0 Å². The van der Waals surface area contributed by atoms with E-state index in [2.05, 4.69) is 9.71 Å². The average Bonchev–Trinajstić information content (AvgIpc) is 3.27. The van der Waals surface area contributed by atoms with Crippen LogP contribution in [0.15, 0.2) is 30.5 Å². The minimum Gasteiger partial charge on any atom is -0.486 e. The van der Waals surface area contributed by atoms with Gasteiger partial charge >= 0.3 is 0 Å². The zero-order chi connectivity index (χ0) is 21.5. The lowest BCUT2D eigenvalue weighted by molar-refractivity contribution is 0.125. The highest BCUT2D eigenvalue weighted by atomic mass is 35.5. The second kappa shape index (κ2) is 8.42. The van der Waals surface area contributed by atoms with Crippen molar-refractivity contribution in [2.75, 3.05) is 6.26 Å². The second-order valence-corrected chi connectivity index (χ2v) is 11.0. The number of hydrogen-bond donors (Lipinski definition) is 1. The van der Waals surface area contributed by atoms with Crippen molar-refractivity contribution in [2.45, 2.75) is 45.0 Å². The van der Waals surface area contributed by atoms with Crippen LogP contribution >= 0.6 is 22.9 Å². The summed E-state index contributed by atoms with van der Waals surface area (Å²) in [6.45, 7) is 2.10. The Hall–Kier alpha value is -1.74. The Balaban J connectivity index is 1.78. The molecule has 3 aromatic rings. The molecular formula is C21H22ClFN2O3S2. The van der Waals surface area contributed by atoms with E-state index >= 15 is 0 Å². The molecule has 2 aromatic heterocycles. The number of benzene rings is 1.